The van der Waals surface area contributed by atoms with Gasteiger partial charge in [-0.15, -0.1) is 37.3 Å². The number of rotatable bonds is 22. The maximum atomic E-state index is 12.6. The summed E-state index contributed by atoms with van der Waals surface area (Å²) in [7, 11) is -22.4. The summed E-state index contributed by atoms with van der Waals surface area (Å²) in [6, 6.07) is 12.6. The summed E-state index contributed by atoms with van der Waals surface area (Å²) in [5.41, 5.74) is -1.26. The molecule has 8 rings (SSSR count). The van der Waals surface area contributed by atoms with Gasteiger partial charge in [0.2, 0.25) is 11.0 Å². The maximum Gasteiger partial charge on any atom is 0.296 e. The van der Waals surface area contributed by atoms with E-state index in [-0.39, 0.29) is 135 Å². The third-order valence-electron chi connectivity index (χ3n) is 12.0. The Kier molecular flexibility index (Phi) is 17.7. The number of benzene rings is 5. The zero-order valence-electron chi connectivity index (χ0n) is 42.7. The Labute approximate surface area is 478 Å². The number of azo groups is 3. The van der Waals surface area contributed by atoms with Gasteiger partial charge in [-0.1, -0.05) is 11.3 Å². The molecular weight excluding hydrogens is 1240 g/mol. The van der Waals surface area contributed by atoms with Crippen molar-refractivity contribution in [1.29, 1.82) is 5.26 Å². The number of imidazole rings is 1. The number of aromatic nitrogens is 3. The Bertz CT molecular complexity index is 4740. The molecule has 0 atom stereocenters. The van der Waals surface area contributed by atoms with Crippen molar-refractivity contribution in [3.8, 4) is 23.4 Å². The lowest BCUT2D eigenvalue weighted by Crippen LogP contribution is -2.08. The molecule has 3 heterocycles. The van der Waals surface area contributed by atoms with Crippen LogP contribution in [0.2, 0.25) is 0 Å². The first-order valence-electron chi connectivity index (χ1n) is 23.3. The lowest BCUT2D eigenvalue weighted by molar-refractivity contribution is 0.282. The number of nitriles is 1. The molecule has 0 unspecified atom stereocenters. The SMILES string of the molecule is COc1cc(S(=O)(=O)O)c2nc3c(C#N)c(C)c(N=Nc4cc(C)c(N=Nc5cc(CO)c(N=Nc6nc7c(S(=O)(=O)O)cc8c(CO)cc(S(=O)(=O)O)cc8c7s6)cc5SCCCS(=O)(=O)O)cc4OCCCS(=O)(=O)O)c(O)n3c2c1. The summed E-state index contributed by atoms with van der Waals surface area (Å²) < 4.78 is 182. The molecule has 0 fully saturated rings. The summed E-state index contributed by atoms with van der Waals surface area (Å²) >= 11 is 1.69. The van der Waals surface area contributed by atoms with Gasteiger partial charge in [0.1, 0.15) is 49.6 Å². The van der Waals surface area contributed by atoms with Crippen LogP contribution in [-0.2, 0) is 63.8 Å². The molecule has 0 saturated heterocycles. The zero-order chi connectivity index (χ0) is 60.7. The van der Waals surface area contributed by atoms with Crippen molar-refractivity contribution in [2.45, 2.75) is 59.5 Å². The van der Waals surface area contributed by atoms with E-state index in [9.17, 15) is 85.4 Å². The average Bonchev–Trinajstić information content (AvgIpc) is 3.14. The van der Waals surface area contributed by atoms with Crippen molar-refractivity contribution in [2.24, 2.45) is 30.7 Å². The second-order valence-electron chi connectivity index (χ2n) is 17.6. The van der Waals surface area contributed by atoms with Gasteiger partial charge in [0.25, 0.3) is 50.6 Å². The van der Waals surface area contributed by atoms with E-state index < -0.39 is 95.9 Å². The molecular formula is C46H42N10O20S7. The Morgan fingerprint density at radius 1 is 0.675 bits per heavy atom. The van der Waals surface area contributed by atoms with Gasteiger partial charge in [0, 0.05) is 39.6 Å². The lowest BCUT2D eigenvalue weighted by atomic mass is 10.0. The zero-order valence-corrected chi connectivity index (χ0v) is 48.4. The van der Waals surface area contributed by atoms with Gasteiger partial charge in [0.05, 0.1) is 70.6 Å². The summed E-state index contributed by atoms with van der Waals surface area (Å²) in [4.78, 5) is 6.63. The predicted octanol–water partition coefficient (Wildman–Crippen LogP) is 8.45. The molecule has 0 amide bonds. The highest BCUT2D eigenvalue weighted by atomic mass is 32.2. The minimum atomic E-state index is -5.03. The van der Waals surface area contributed by atoms with Gasteiger partial charge in [-0.3, -0.25) is 27.2 Å². The predicted molar refractivity (Wildman–Crippen MR) is 297 cm³/mol. The molecule has 0 radical (unpaired) electrons. The van der Waals surface area contributed by atoms with Crippen LogP contribution in [-0.4, -0.2) is 126 Å². The molecule has 8 N–H and O–H groups in total. The molecule has 8 aromatic rings. The number of aromatic hydroxyl groups is 1. The minimum Gasteiger partial charge on any atom is -0.497 e. The van der Waals surface area contributed by atoms with E-state index in [0.29, 0.717) is 16.9 Å². The van der Waals surface area contributed by atoms with E-state index >= 15 is 0 Å². The summed E-state index contributed by atoms with van der Waals surface area (Å²) in [5, 5.41) is 68.0. The normalized spacial score (nSPS) is 13.0. The van der Waals surface area contributed by atoms with Crippen LogP contribution in [0, 0.1) is 25.2 Å². The number of thioether (sulfide) groups is 1. The largest absolute Gasteiger partial charge is 0.497 e. The molecule has 0 aliphatic carbocycles. The number of thiazole rings is 1. The van der Waals surface area contributed by atoms with E-state index in [4.69, 9.17) is 9.47 Å². The van der Waals surface area contributed by atoms with Crippen LogP contribution in [0.15, 0.2) is 105 Å². The fraction of sp³-hybridized carbons (Fsp3) is 0.239. The second-order valence-corrected chi connectivity index (χ2v) is 27.1. The number of aliphatic hydroxyl groups is 2. The monoisotopic (exact) mass is 1280 g/mol. The fourth-order valence-corrected chi connectivity index (χ4v) is 13.2. The van der Waals surface area contributed by atoms with Crippen molar-refractivity contribution in [3.05, 3.63) is 82.4 Å². The highest BCUT2D eigenvalue weighted by Gasteiger charge is 2.28. The maximum absolute atomic E-state index is 12.6. The molecule has 5 aromatic carbocycles. The second kappa shape index (κ2) is 23.8. The van der Waals surface area contributed by atoms with E-state index in [1.165, 1.54) is 44.4 Å². The van der Waals surface area contributed by atoms with E-state index in [1.807, 2.05) is 6.07 Å². The standard InChI is InChI=1S/C46H42N10O20S7/c1-22-10-33(52-54-40-23(2)30(19-47)44-48-41-35(56(44)45(40)59)13-26(75-3)14-38(41)82(69,70)71)36(76-6-4-8-79(60,61)62)17-31(22)50-53-34-12-25(21-58)32(18-37(34)77-7-5-9-80(63,64)65)51-55-46-49-42-39(83(72,73)74)16-28-24(20-57)11-27(81(66,67)68)15-29(28)43(42)78-46/h10-18,57-59H,4-9,20-21H2,1-3H3,(H,60,61,62)(H,63,64,65)(H,66,67,68)(H,69,70,71)(H,72,73,74). The highest BCUT2D eigenvalue weighted by molar-refractivity contribution is 7.99. The molecule has 30 nitrogen and oxygen atoms in total. The Morgan fingerprint density at radius 3 is 1.94 bits per heavy atom. The van der Waals surface area contributed by atoms with Crippen molar-refractivity contribution < 1.29 is 89.6 Å². The van der Waals surface area contributed by atoms with Crippen molar-refractivity contribution in [1.82, 2.24) is 14.4 Å². The Morgan fingerprint density at radius 2 is 1.31 bits per heavy atom. The van der Waals surface area contributed by atoms with Gasteiger partial charge >= 0.3 is 0 Å². The van der Waals surface area contributed by atoms with Crippen molar-refractivity contribution in [2.75, 3.05) is 31.0 Å². The van der Waals surface area contributed by atoms with Crippen LogP contribution in [0.5, 0.6) is 17.4 Å². The molecule has 0 spiro atoms. The van der Waals surface area contributed by atoms with Gasteiger partial charge in [-0.25, -0.2) is 9.97 Å². The third-order valence-corrected chi connectivity index (χ3v) is 18.3. The topological polar surface area (TPSA) is 479 Å². The number of aliphatic hydroxyl groups excluding tert-OH is 2. The minimum absolute atomic E-state index is 0.00182. The fourth-order valence-electron chi connectivity index (χ4n) is 8.18. The van der Waals surface area contributed by atoms with Crippen LogP contribution in [0.25, 0.3) is 37.7 Å². The molecule has 438 valence electrons. The van der Waals surface area contributed by atoms with Crippen LogP contribution in [0.4, 0.5) is 33.6 Å². The summed E-state index contributed by atoms with van der Waals surface area (Å²) in [6.45, 7) is 1.08. The number of fused-ring (bicyclic) bond motifs is 6. The summed E-state index contributed by atoms with van der Waals surface area (Å²) in [6.07, 6.45) is -0.313. The number of ether oxygens (including phenoxy) is 2. The molecule has 0 aliphatic rings. The van der Waals surface area contributed by atoms with E-state index in [1.54, 1.807) is 6.92 Å². The molecule has 0 bridgehead atoms. The Hall–Kier alpha value is -7.29. The lowest BCUT2D eigenvalue weighted by Gasteiger charge is -2.12. The average molecular weight is 1280 g/mol. The van der Waals surface area contributed by atoms with Crippen molar-refractivity contribution in [3.63, 3.8) is 0 Å². The first-order chi connectivity index (χ1) is 38.8. The number of methoxy groups -OCH3 is 1. The first-order valence-corrected chi connectivity index (χ1v) is 32.6. The van der Waals surface area contributed by atoms with Crippen LogP contribution in [0.3, 0.4) is 0 Å². The van der Waals surface area contributed by atoms with E-state index in [2.05, 4.69) is 40.7 Å². The van der Waals surface area contributed by atoms with Gasteiger partial charge in [-0.2, -0.15) is 52.5 Å². The quantitative estimate of drug-likeness (QED) is 0.0136. The molecule has 3 aromatic heterocycles. The number of pyridine rings is 1. The molecule has 0 saturated carbocycles. The van der Waals surface area contributed by atoms with E-state index in [0.717, 1.165) is 40.4 Å². The first kappa shape index (κ1) is 61.8. The van der Waals surface area contributed by atoms with Gasteiger partial charge < -0.3 is 24.8 Å². The number of hydrogen-bond donors (Lipinski definition) is 8. The number of nitrogens with zero attached hydrogens (tertiary/aromatic N) is 10. The van der Waals surface area contributed by atoms with Gasteiger partial charge in [-0.05, 0) is 85.4 Å². The highest BCUT2D eigenvalue weighted by Crippen LogP contribution is 2.45. The number of hydrogen-bond acceptors (Lipinski definition) is 26. The van der Waals surface area contributed by atoms with Crippen molar-refractivity contribution >= 4 is 145 Å². The van der Waals surface area contributed by atoms with Crippen LogP contribution >= 0.6 is 23.1 Å². The van der Waals surface area contributed by atoms with Gasteiger partial charge in [0.15, 0.2) is 11.3 Å². The van der Waals surface area contributed by atoms with Crippen LogP contribution < -0.4 is 9.47 Å². The molecule has 83 heavy (non-hydrogen) atoms. The Balaban J connectivity index is 1.21. The molecule has 0 aliphatic heterocycles. The summed E-state index contributed by atoms with van der Waals surface area (Å²) in [5.74, 6) is -2.17. The number of aryl methyl sites for hydroxylation is 1. The smallest absolute Gasteiger partial charge is 0.296 e. The third kappa shape index (κ3) is 13.7. The van der Waals surface area contributed by atoms with Crippen LogP contribution in [0.1, 0.15) is 40.7 Å². The molecule has 37 heteroatoms.